The zero-order chi connectivity index (χ0) is 24.5. The average molecular weight is 463 g/mol. The van der Waals surface area contributed by atoms with Gasteiger partial charge in [0.05, 0.1) is 23.9 Å². The highest BCUT2D eigenvalue weighted by atomic mass is 16.3. The molecule has 0 radical (unpaired) electrons. The second-order valence-electron chi connectivity index (χ2n) is 13.5. The summed E-state index contributed by atoms with van der Waals surface area (Å²) in [5.41, 5.74) is -0.330. The maximum atomic E-state index is 11.7. The van der Waals surface area contributed by atoms with E-state index in [4.69, 9.17) is 0 Å². The smallest absolute Gasteiger partial charge is 0.0986 e. The summed E-state index contributed by atoms with van der Waals surface area (Å²) in [6.45, 7) is 16.0. The van der Waals surface area contributed by atoms with Crippen LogP contribution in [0.2, 0.25) is 0 Å². The Kier molecular flexibility index (Phi) is 6.69. The third-order valence-corrected chi connectivity index (χ3v) is 11.7. The minimum atomic E-state index is -1.31. The highest BCUT2D eigenvalue weighted by molar-refractivity contribution is 5.20. The Morgan fingerprint density at radius 1 is 0.970 bits per heavy atom. The predicted molar refractivity (Wildman–Crippen MR) is 132 cm³/mol. The van der Waals surface area contributed by atoms with Crippen molar-refractivity contribution in [1.82, 2.24) is 0 Å². The summed E-state index contributed by atoms with van der Waals surface area (Å²) in [4.78, 5) is 0. The lowest BCUT2D eigenvalue weighted by Gasteiger charge is -2.66. The van der Waals surface area contributed by atoms with Gasteiger partial charge in [0, 0.05) is 11.8 Å². The van der Waals surface area contributed by atoms with Crippen LogP contribution in [0.25, 0.3) is 0 Å². The molecule has 0 aliphatic heterocycles. The standard InChI is InChI=1S/C29H50O4/c1-16(2)19(5)17(3)12-18(4)22-8-9-23-21-13-25(32)29(33)14-20(30)10-11-28(29,7)26(21)24(31)15-27(22,23)6/h12,16,18-26,30-33H,8-11,13-15H2,1-7H3/b17-12+/t18-,19?,20+,21?,22-,23?,24-,25-,26?,27-,28-,29+/m1/s1. The van der Waals surface area contributed by atoms with E-state index >= 15 is 0 Å². The molecule has 0 saturated heterocycles. The zero-order valence-corrected chi connectivity index (χ0v) is 22.1. The topological polar surface area (TPSA) is 80.9 Å². The number of aliphatic hydroxyl groups excluding tert-OH is 3. The molecule has 0 amide bonds. The molecule has 4 nitrogen and oxygen atoms in total. The van der Waals surface area contributed by atoms with Gasteiger partial charge in [0.25, 0.3) is 0 Å². The minimum absolute atomic E-state index is 0.0104. The lowest BCUT2D eigenvalue weighted by molar-refractivity contribution is -0.282. The minimum Gasteiger partial charge on any atom is -0.393 e. The molecule has 4 fully saturated rings. The average Bonchev–Trinajstić information content (AvgIpc) is 3.06. The van der Waals surface area contributed by atoms with Gasteiger partial charge in [0.15, 0.2) is 0 Å². The van der Waals surface area contributed by atoms with Gasteiger partial charge in [0.1, 0.15) is 0 Å². The molecular formula is C29H50O4. The summed E-state index contributed by atoms with van der Waals surface area (Å²) in [7, 11) is 0. The van der Waals surface area contributed by atoms with Gasteiger partial charge in [-0.2, -0.15) is 0 Å². The van der Waals surface area contributed by atoms with Gasteiger partial charge in [0.2, 0.25) is 0 Å². The Hall–Kier alpha value is -0.420. The van der Waals surface area contributed by atoms with E-state index in [1.165, 1.54) is 12.0 Å². The molecule has 0 aromatic carbocycles. The Bertz CT molecular complexity index is 763. The van der Waals surface area contributed by atoms with E-state index in [-0.39, 0.29) is 23.7 Å². The first-order valence-corrected chi connectivity index (χ1v) is 13.7. The quantitative estimate of drug-likeness (QED) is 0.446. The van der Waals surface area contributed by atoms with E-state index in [1.54, 1.807) is 0 Å². The first-order valence-electron chi connectivity index (χ1n) is 13.7. The molecular weight excluding hydrogens is 412 g/mol. The van der Waals surface area contributed by atoms with Gasteiger partial charge in [-0.1, -0.05) is 53.2 Å². The largest absolute Gasteiger partial charge is 0.393 e. The van der Waals surface area contributed by atoms with Crippen LogP contribution in [-0.2, 0) is 0 Å². The summed E-state index contributed by atoms with van der Waals surface area (Å²) in [6.07, 6.45) is 5.80. The molecule has 12 atom stereocenters. The molecule has 190 valence electrons. The number of aliphatic hydroxyl groups is 4. The first kappa shape index (κ1) is 25.7. The SMILES string of the molecule is C/C(=C\[C@@H](C)[C@H]1CCC2C3C[C@@H](O)[C@@]4(O)C[C@@H](O)CC[C@]4(C)C3[C@H](O)C[C@@]21C)C(C)C(C)C. The maximum absolute atomic E-state index is 11.7. The third-order valence-electron chi connectivity index (χ3n) is 11.7. The Morgan fingerprint density at radius 2 is 1.64 bits per heavy atom. The van der Waals surface area contributed by atoms with Crippen LogP contribution in [0.5, 0.6) is 0 Å². The van der Waals surface area contributed by atoms with Crippen molar-refractivity contribution < 1.29 is 20.4 Å². The van der Waals surface area contributed by atoms with Crippen molar-refractivity contribution in [2.45, 2.75) is 117 Å². The van der Waals surface area contributed by atoms with E-state index in [0.29, 0.717) is 48.9 Å². The molecule has 4 heteroatoms. The highest BCUT2D eigenvalue weighted by Gasteiger charge is 2.69. The van der Waals surface area contributed by atoms with Crippen LogP contribution in [0.4, 0.5) is 0 Å². The van der Waals surface area contributed by atoms with Gasteiger partial charge in [-0.05, 0) is 92.3 Å². The predicted octanol–water partition coefficient (Wildman–Crippen LogP) is 4.94. The molecule has 0 aromatic rings. The molecule has 4 aliphatic rings. The van der Waals surface area contributed by atoms with Crippen molar-refractivity contribution >= 4 is 0 Å². The van der Waals surface area contributed by atoms with E-state index in [9.17, 15) is 20.4 Å². The van der Waals surface area contributed by atoms with Crippen molar-refractivity contribution in [2.24, 2.45) is 52.3 Å². The Balaban J connectivity index is 1.63. The van der Waals surface area contributed by atoms with Crippen molar-refractivity contribution in [3.05, 3.63) is 11.6 Å². The fourth-order valence-corrected chi connectivity index (χ4v) is 9.49. The fraction of sp³-hybridized carbons (Fsp3) is 0.931. The summed E-state index contributed by atoms with van der Waals surface area (Å²) in [5, 5.41) is 44.8. The lowest BCUT2D eigenvalue weighted by Crippen LogP contribution is -2.71. The summed E-state index contributed by atoms with van der Waals surface area (Å²) < 4.78 is 0. The molecule has 0 heterocycles. The second kappa shape index (κ2) is 8.61. The molecule has 4 rings (SSSR count). The van der Waals surface area contributed by atoms with Gasteiger partial charge in [-0.3, -0.25) is 0 Å². The summed E-state index contributed by atoms with van der Waals surface area (Å²) in [5.74, 6) is 2.90. The Morgan fingerprint density at radius 3 is 2.27 bits per heavy atom. The van der Waals surface area contributed by atoms with Crippen molar-refractivity contribution in [3.8, 4) is 0 Å². The van der Waals surface area contributed by atoms with E-state index < -0.39 is 29.3 Å². The van der Waals surface area contributed by atoms with Crippen molar-refractivity contribution in [1.29, 1.82) is 0 Å². The number of rotatable bonds is 4. The molecule has 33 heavy (non-hydrogen) atoms. The number of hydrogen-bond donors (Lipinski definition) is 4. The van der Waals surface area contributed by atoms with Crippen LogP contribution in [0.1, 0.15) is 93.4 Å². The molecule has 0 spiro atoms. The van der Waals surface area contributed by atoms with Gasteiger partial charge in [-0.25, -0.2) is 0 Å². The summed E-state index contributed by atoms with van der Waals surface area (Å²) in [6, 6.07) is 0. The van der Waals surface area contributed by atoms with Gasteiger partial charge in [-0.15, -0.1) is 0 Å². The molecule has 0 aromatic heterocycles. The number of hydrogen-bond acceptors (Lipinski definition) is 4. The number of fused-ring (bicyclic) bond motifs is 5. The van der Waals surface area contributed by atoms with Crippen molar-refractivity contribution in [2.75, 3.05) is 0 Å². The number of allylic oxidation sites excluding steroid dienone is 2. The van der Waals surface area contributed by atoms with E-state index in [1.807, 2.05) is 0 Å². The zero-order valence-electron chi connectivity index (χ0n) is 22.1. The van der Waals surface area contributed by atoms with Crippen LogP contribution in [-0.4, -0.2) is 44.3 Å². The van der Waals surface area contributed by atoms with Crippen molar-refractivity contribution in [3.63, 3.8) is 0 Å². The third kappa shape index (κ3) is 3.77. The Labute approximate surface area is 201 Å². The van der Waals surface area contributed by atoms with E-state index in [0.717, 1.165) is 12.8 Å². The monoisotopic (exact) mass is 462 g/mol. The normalized spacial score (nSPS) is 52.1. The van der Waals surface area contributed by atoms with Crippen LogP contribution in [0.15, 0.2) is 11.6 Å². The molecule has 4 N–H and O–H groups in total. The van der Waals surface area contributed by atoms with E-state index in [2.05, 4.69) is 54.5 Å². The second-order valence-corrected chi connectivity index (χ2v) is 13.5. The van der Waals surface area contributed by atoms with Crippen LogP contribution in [0, 0.1) is 52.3 Å². The van der Waals surface area contributed by atoms with Crippen LogP contribution < -0.4 is 0 Å². The molecule has 4 saturated carbocycles. The van der Waals surface area contributed by atoms with Crippen LogP contribution in [0.3, 0.4) is 0 Å². The summed E-state index contributed by atoms with van der Waals surface area (Å²) >= 11 is 0. The molecule has 0 bridgehead atoms. The maximum Gasteiger partial charge on any atom is 0.0986 e. The lowest BCUT2D eigenvalue weighted by atomic mass is 9.41. The first-order chi connectivity index (χ1) is 15.3. The van der Waals surface area contributed by atoms with Crippen LogP contribution >= 0.6 is 0 Å². The van der Waals surface area contributed by atoms with Gasteiger partial charge < -0.3 is 20.4 Å². The van der Waals surface area contributed by atoms with Gasteiger partial charge >= 0.3 is 0 Å². The fourth-order valence-electron chi connectivity index (χ4n) is 9.49. The molecule has 4 unspecified atom stereocenters. The molecule has 4 aliphatic carbocycles. The highest BCUT2D eigenvalue weighted by Crippen LogP contribution is 2.69.